The van der Waals surface area contributed by atoms with Crippen LogP contribution in [0.1, 0.15) is 11.3 Å². The van der Waals surface area contributed by atoms with E-state index in [1.807, 2.05) is 13.0 Å². The monoisotopic (exact) mass is 209 g/mol. The van der Waals surface area contributed by atoms with Gasteiger partial charge in [0.05, 0.1) is 12.3 Å². The third-order valence-corrected chi connectivity index (χ3v) is 3.11. The van der Waals surface area contributed by atoms with E-state index in [1.54, 1.807) is 0 Å². The summed E-state index contributed by atoms with van der Waals surface area (Å²) in [6.45, 7) is 4.09. The molecule has 0 fully saturated rings. The zero-order valence-corrected chi connectivity index (χ0v) is 9.45. The van der Waals surface area contributed by atoms with Gasteiger partial charge in [0.25, 0.3) is 0 Å². The third kappa shape index (κ3) is 1.28. The molecule has 0 unspecified atom stereocenters. The largest absolute Gasteiger partial charge is 0.360 e. The molecule has 0 N–H and O–H groups in total. The van der Waals surface area contributed by atoms with E-state index in [9.17, 15) is 0 Å². The molecule has 0 bridgehead atoms. The smallest absolute Gasteiger partial charge is 0.212 e. The van der Waals surface area contributed by atoms with Crippen LogP contribution >= 0.6 is 0 Å². The summed E-state index contributed by atoms with van der Waals surface area (Å²) in [5.74, 6) is 0.989. The highest BCUT2D eigenvalue weighted by Crippen LogP contribution is 2.27. The van der Waals surface area contributed by atoms with Crippen molar-refractivity contribution < 1.29 is 4.42 Å². The molecule has 1 heteroatoms. The Morgan fingerprint density at radius 3 is 2.56 bits per heavy atom. The molecule has 0 amide bonds. The fraction of sp³-hybridized carbons (Fsp3) is 0.133. The Morgan fingerprint density at radius 2 is 1.69 bits per heavy atom. The van der Waals surface area contributed by atoms with Crippen LogP contribution in [0, 0.1) is 13.8 Å². The molecule has 78 valence electrons. The second kappa shape index (κ2) is 3.31. The minimum atomic E-state index is 0.960. The lowest BCUT2D eigenvalue weighted by Gasteiger charge is -1.98. The van der Waals surface area contributed by atoms with Crippen LogP contribution in [0.5, 0.6) is 0 Å². The number of aryl methyl sites for hydroxylation is 2. The second-order valence-corrected chi connectivity index (χ2v) is 4.18. The maximum atomic E-state index is 5.80. The number of benzene rings is 2. The summed E-state index contributed by atoms with van der Waals surface area (Å²) in [5.41, 5.74) is 2.16. The molecule has 0 aliphatic heterocycles. The van der Waals surface area contributed by atoms with Gasteiger partial charge in [-0.05, 0) is 29.8 Å². The van der Waals surface area contributed by atoms with Crippen LogP contribution in [-0.2, 0) is 0 Å². The third-order valence-electron chi connectivity index (χ3n) is 3.11. The van der Waals surface area contributed by atoms with Crippen LogP contribution in [0.25, 0.3) is 21.7 Å². The van der Waals surface area contributed by atoms with E-state index in [0.717, 1.165) is 11.3 Å². The SMILES string of the molecule is Cc1cc2c(ccc3ccccc32)[o+]c1C. The summed E-state index contributed by atoms with van der Waals surface area (Å²) in [4.78, 5) is 0. The minimum absolute atomic E-state index is 0.960. The Morgan fingerprint density at radius 1 is 0.875 bits per heavy atom. The first-order valence-corrected chi connectivity index (χ1v) is 5.47. The van der Waals surface area contributed by atoms with Crippen LogP contribution in [-0.4, -0.2) is 0 Å². The minimum Gasteiger partial charge on any atom is -0.212 e. The average Bonchev–Trinajstić information content (AvgIpc) is 2.31. The predicted octanol–water partition coefficient (Wildman–Crippen LogP) is 4.48. The molecule has 1 aromatic heterocycles. The lowest BCUT2D eigenvalue weighted by atomic mass is 10.0. The Balaban J connectivity index is 2.55. The number of fused-ring (bicyclic) bond motifs is 3. The molecule has 0 atom stereocenters. The van der Waals surface area contributed by atoms with Gasteiger partial charge in [-0.1, -0.05) is 24.3 Å². The predicted molar refractivity (Wildman–Crippen MR) is 67.6 cm³/mol. The highest BCUT2D eigenvalue weighted by Gasteiger charge is 2.13. The fourth-order valence-electron chi connectivity index (χ4n) is 2.08. The molecule has 1 nitrogen and oxygen atoms in total. The maximum Gasteiger partial charge on any atom is 0.360 e. The number of rotatable bonds is 0. The first-order valence-electron chi connectivity index (χ1n) is 5.47. The van der Waals surface area contributed by atoms with Crippen LogP contribution < -0.4 is 0 Å². The molecule has 0 radical (unpaired) electrons. The van der Waals surface area contributed by atoms with Crippen LogP contribution in [0.3, 0.4) is 0 Å². The van der Waals surface area contributed by atoms with Crippen molar-refractivity contribution in [1.82, 2.24) is 0 Å². The van der Waals surface area contributed by atoms with Gasteiger partial charge in [-0.25, -0.2) is 4.42 Å². The highest BCUT2D eigenvalue weighted by atomic mass is 16.3. The van der Waals surface area contributed by atoms with Gasteiger partial charge in [0.1, 0.15) is 0 Å². The van der Waals surface area contributed by atoms with Crippen molar-refractivity contribution in [2.45, 2.75) is 13.8 Å². The molecule has 0 saturated heterocycles. The normalized spacial score (nSPS) is 11.1. The molecule has 2 aromatic carbocycles. The molecule has 3 rings (SSSR count). The van der Waals surface area contributed by atoms with E-state index in [2.05, 4.69) is 43.3 Å². The van der Waals surface area contributed by atoms with E-state index in [4.69, 9.17) is 4.42 Å². The first-order chi connectivity index (χ1) is 7.75. The van der Waals surface area contributed by atoms with Crippen molar-refractivity contribution in [1.29, 1.82) is 0 Å². The molecule has 0 spiro atoms. The Labute approximate surface area is 94.3 Å². The van der Waals surface area contributed by atoms with Gasteiger partial charge >= 0.3 is 11.3 Å². The van der Waals surface area contributed by atoms with E-state index in [0.29, 0.717) is 0 Å². The van der Waals surface area contributed by atoms with Gasteiger partial charge < -0.3 is 0 Å². The standard InChI is InChI=1S/C15H13O/c1-10-9-14-13-6-4-3-5-12(13)7-8-15(14)16-11(10)2/h3-9H,1-2H3/q+1. The first kappa shape index (κ1) is 9.34. The zero-order chi connectivity index (χ0) is 11.1. The summed E-state index contributed by atoms with van der Waals surface area (Å²) < 4.78 is 5.80. The van der Waals surface area contributed by atoms with Gasteiger partial charge in [0.2, 0.25) is 0 Å². The molecule has 1 heterocycles. The van der Waals surface area contributed by atoms with E-state index in [-0.39, 0.29) is 0 Å². The van der Waals surface area contributed by atoms with E-state index >= 15 is 0 Å². The lowest BCUT2D eigenvalue weighted by molar-refractivity contribution is 0.561. The van der Waals surface area contributed by atoms with E-state index in [1.165, 1.54) is 21.7 Å². The van der Waals surface area contributed by atoms with Gasteiger partial charge in [0, 0.05) is 11.6 Å². The lowest BCUT2D eigenvalue weighted by Crippen LogP contribution is -1.83. The van der Waals surface area contributed by atoms with Crippen LogP contribution in [0.15, 0.2) is 46.9 Å². The summed E-state index contributed by atoms with van der Waals surface area (Å²) in [6, 6.07) is 14.8. The van der Waals surface area contributed by atoms with Crippen molar-refractivity contribution in [3.8, 4) is 0 Å². The molecule has 16 heavy (non-hydrogen) atoms. The van der Waals surface area contributed by atoms with Gasteiger partial charge in [-0.15, -0.1) is 0 Å². The van der Waals surface area contributed by atoms with Crippen molar-refractivity contribution in [3.63, 3.8) is 0 Å². The molecule has 0 aliphatic rings. The summed E-state index contributed by atoms with van der Waals surface area (Å²) in [6.07, 6.45) is 0. The second-order valence-electron chi connectivity index (χ2n) is 4.18. The number of hydrogen-bond donors (Lipinski definition) is 0. The topological polar surface area (TPSA) is 11.3 Å². The summed E-state index contributed by atoms with van der Waals surface area (Å²) >= 11 is 0. The van der Waals surface area contributed by atoms with Crippen molar-refractivity contribution in [2.75, 3.05) is 0 Å². The maximum absolute atomic E-state index is 5.80. The summed E-state index contributed by atoms with van der Waals surface area (Å²) in [5, 5.41) is 3.71. The summed E-state index contributed by atoms with van der Waals surface area (Å²) in [7, 11) is 0. The van der Waals surface area contributed by atoms with Gasteiger partial charge in [0.15, 0.2) is 0 Å². The molecular formula is C15H13O+. The highest BCUT2D eigenvalue weighted by molar-refractivity contribution is 6.05. The zero-order valence-electron chi connectivity index (χ0n) is 9.45. The van der Waals surface area contributed by atoms with E-state index < -0.39 is 0 Å². The molecular weight excluding hydrogens is 196 g/mol. The molecule has 3 aromatic rings. The van der Waals surface area contributed by atoms with Crippen molar-refractivity contribution in [2.24, 2.45) is 0 Å². The van der Waals surface area contributed by atoms with Crippen molar-refractivity contribution >= 4 is 21.7 Å². The van der Waals surface area contributed by atoms with Gasteiger partial charge in [-0.3, -0.25) is 0 Å². The molecule has 0 aliphatic carbocycles. The average molecular weight is 209 g/mol. The van der Waals surface area contributed by atoms with Crippen LogP contribution in [0.4, 0.5) is 0 Å². The Bertz CT molecular complexity index is 683. The fourth-order valence-corrected chi connectivity index (χ4v) is 2.08. The Hall–Kier alpha value is -1.89. The Kier molecular flexibility index (Phi) is 1.93. The number of hydrogen-bond acceptors (Lipinski definition) is 0. The van der Waals surface area contributed by atoms with Crippen LogP contribution in [0.2, 0.25) is 0 Å². The quantitative estimate of drug-likeness (QED) is 0.392. The van der Waals surface area contributed by atoms with Gasteiger partial charge in [-0.2, -0.15) is 0 Å². The molecule has 0 saturated carbocycles. The van der Waals surface area contributed by atoms with Crippen molar-refractivity contribution in [3.05, 3.63) is 53.8 Å².